The van der Waals surface area contributed by atoms with Gasteiger partial charge in [-0.05, 0) is 62.4 Å². The number of rotatable bonds is 6. The van der Waals surface area contributed by atoms with Gasteiger partial charge in [0, 0.05) is 36.8 Å². The Morgan fingerprint density at radius 1 is 1.09 bits per heavy atom. The molecule has 0 amide bonds. The van der Waals surface area contributed by atoms with E-state index in [1.165, 1.54) is 12.1 Å². The highest BCUT2D eigenvalue weighted by Gasteiger charge is 2.26. The molecular formula is C25H25F2N3O3. The summed E-state index contributed by atoms with van der Waals surface area (Å²) in [6.45, 7) is 4.52. The van der Waals surface area contributed by atoms with Crippen molar-refractivity contribution in [2.45, 2.75) is 33.1 Å². The lowest BCUT2D eigenvalue weighted by molar-refractivity contribution is -0.138. The van der Waals surface area contributed by atoms with Crippen LogP contribution in [0.4, 0.5) is 14.5 Å². The Morgan fingerprint density at radius 2 is 1.79 bits per heavy atom. The lowest BCUT2D eigenvalue weighted by Gasteiger charge is -2.33. The molecule has 1 fully saturated rings. The zero-order valence-corrected chi connectivity index (χ0v) is 18.5. The summed E-state index contributed by atoms with van der Waals surface area (Å²) in [4.78, 5) is 21.2. The second-order valence-electron chi connectivity index (χ2n) is 8.41. The van der Waals surface area contributed by atoms with Crippen molar-refractivity contribution in [2.24, 2.45) is 5.92 Å². The van der Waals surface area contributed by atoms with Crippen molar-refractivity contribution in [3.63, 3.8) is 0 Å². The summed E-state index contributed by atoms with van der Waals surface area (Å²) < 4.78 is 35.9. The fraction of sp³-hybridized carbons (Fsp3) is 0.320. The highest BCUT2D eigenvalue weighted by atomic mass is 19.1. The molecule has 0 unspecified atom stereocenters. The van der Waals surface area contributed by atoms with Gasteiger partial charge in [-0.25, -0.2) is 13.8 Å². The lowest BCUT2D eigenvalue weighted by atomic mass is 9.93. The van der Waals surface area contributed by atoms with Crippen molar-refractivity contribution in [1.29, 1.82) is 0 Å². The predicted octanol–water partition coefficient (Wildman–Crippen LogP) is 5.52. The van der Waals surface area contributed by atoms with Crippen LogP contribution in [-0.4, -0.2) is 34.1 Å². The smallest absolute Gasteiger partial charge is 0.303 e. The van der Waals surface area contributed by atoms with Crippen LogP contribution in [0.3, 0.4) is 0 Å². The van der Waals surface area contributed by atoms with Gasteiger partial charge in [0.25, 0.3) is 0 Å². The summed E-state index contributed by atoms with van der Waals surface area (Å²) in [6.07, 6.45) is 1.23. The molecule has 0 saturated carbocycles. The van der Waals surface area contributed by atoms with Gasteiger partial charge in [-0.2, -0.15) is 4.98 Å². The molecule has 8 heteroatoms. The van der Waals surface area contributed by atoms with Gasteiger partial charge in [0.2, 0.25) is 5.88 Å². The number of ether oxygens (including phenoxy) is 1. The highest BCUT2D eigenvalue weighted by molar-refractivity contribution is 5.67. The van der Waals surface area contributed by atoms with E-state index in [1.807, 2.05) is 25.1 Å². The van der Waals surface area contributed by atoms with Crippen LogP contribution in [0, 0.1) is 31.4 Å². The molecule has 4 rings (SSSR count). The van der Waals surface area contributed by atoms with E-state index in [0.717, 1.165) is 5.56 Å². The molecule has 0 spiro atoms. The molecule has 1 aromatic heterocycles. The SMILES string of the molecule is Cc1cccc(Oc2cc(C)nc(-c3cc(F)c(N4CCC(CC(=O)O)CC4)c(F)c3)n2)c1. The van der Waals surface area contributed by atoms with Gasteiger partial charge < -0.3 is 14.7 Å². The Bertz CT molecular complexity index is 1150. The van der Waals surface area contributed by atoms with E-state index in [4.69, 9.17) is 9.84 Å². The average molecular weight is 453 g/mol. The number of anilines is 1. The average Bonchev–Trinajstić information content (AvgIpc) is 2.73. The first-order valence-corrected chi connectivity index (χ1v) is 10.8. The minimum atomic E-state index is -0.848. The van der Waals surface area contributed by atoms with Gasteiger partial charge in [0.05, 0.1) is 0 Å². The van der Waals surface area contributed by atoms with Crippen LogP contribution < -0.4 is 9.64 Å². The van der Waals surface area contributed by atoms with Crippen molar-refractivity contribution in [3.05, 3.63) is 65.4 Å². The fourth-order valence-electron chi connectivity index (χ4n) is 4.12. The largest absolute Gasteiger partial charge is 0.481 e. The number of nitrogens with zero attached hydrogens (tertiary/aromatic N) is 3. The van der Waals surface area contributed by atoms with Crippen LogP contribution in [0.25, 0.3) is 11.4 Å². The second-order valence-corrected chi connectivity index (χ2v) is 8.41. The molecule has 1 saturated heterocycles. The molecule has 1 aliphatic heterocycles. The topological polar surface area (TPSA) is 75.5 Å². The lowest BCUT2D eigenvalue weighted by Crippen LogP contribution is -2.35. The number of piperidine rings is 1. The summed E-state index contributed by atoms with van der Waals surface area (Å²) in [5.41, 5.74) is 1.75. The van der Waals surface area contributed by atoms with Crippen molar-refractivity contribution in [2.75, 3.05) is 18.0 Å². The minimum Gasteiger partial charge on any atom is -0.481 e. The molecule has 2 aromatic carbocycles. The normalized spacial score (nSPS) is 14.4. The minimum absolute atomic E-state index is 0.0247. The van der Waals surface area contributed by atoms with Crippen LogP contribution in [-0.2, 0) is 4.79 Å². The number of carboxylic acids is 1. The van der Waals surface area contributed by atoms with Crippen LogP contribution in [0.5, 0.6) is 11.6 Å². The van der Waals surface area contributed by atoms with Crippen molar-refractivity contribution in [1.82, 2.24) is 9.97 Å². The number of hydrogen-bond acceptors (Lipinski definition) is 5. The number of carboxylic acid groups (broad SMARTS) is 1. The first kappa shape index (κ1) is 22.6. The Hall–Kier alpha value is -3.55. The summed E-state index contributed by atoms with van der Waals surface area (Å²) in [7, 11) is 0. The van der Waals surface area contributed by atoms with Crippen molar-refractivity contribution < 1.29 is 23.4 Å². The first-order valence-electron chi connectivity index (χ1n) is 10.8. The molecule has 0 atom stereocenters. The molecule has 2 heterocycles. The third-order valence-corrected chi connectivity index (χ3v) is 5.71. The van der Waals surface area contributed by atoms with Crippen LogP contribution >= 0.6 is 0 Å². The monoisotopic (exact) mass is 453 g/mol. The second kappa shape index (κ2) is 9.52. The summed E-state index contributed by atoms with van der Waals surface area (Å²) in [5.74, 6) is -1.16. The van der Waals surface area contributed by atoms with E-state index in [1.54, 1.807) is 24.0 Å². The van der Waals surface area contributed by atoms with Gasteiger partial charge in [-0.1, -0.05) is 12.1 Å². The van der Waals surface area contributed by atoms with E-state index in [0.29, 0.717) is 37.4 Å². The zero-order chi connectivity index (χ0) is 23.5. The van der Waals surface area contributed by atoms with E-state index in [9.17, 15) is 4.79 Å². The number of carbonyl (C=O) groups is 1. The van der Waals surface area contributed by atoms with Crippen molar-refractivity contribution >= 4 is 11.7 Å². The van der Waals surface area contributed by atoms with Crippen LogP contribution in [0.1, 0.15) is 30.5 Å². The Labute approximate surface area is 190 Å². The third-order valence-electron chi connectivity index (χ3n) is 5.71. The molecule has 1 N–H and O–H groups in total. The molecule has 6 nitrogen and oxygen atoms in total. The third kappa shape index (κ3) is 5.45. The number of benzene rings is 2. The molecule has 1 aliphatic rings. The number of aromatic nitrogens is 2. The summed E-state index contributed by atoms with van der Waals surface area (Å²) in [5, 5.41) is 8.96. The molecule has 172 valence electrons. The first-order chi connectivity index (χ1) is 15.8. The summed E-state index contributed by atoms with van der Waals surface area (Å²) in [6, 6.07) is 11.6. The Morgan fingerprint density at radius 3 is 2.42 bits per heavy atom. The maximum atomic E-state index is 15.0. The molecular weight excluding hydrogens is 428 g/mol. The van der Waals surface area contributed by atoms with Crippen LogP contribution in [0.2, 0.25) is 0 Å². The number of halogens is 2. The Balaban J connectivity index is 1.57. The van der Waals surface area contributed by atoms with Gasteiger partial charge in [-0.15, -0.1) is 0 Å². The number of aliphatic carboxylic acids is 1. The number of aryl methyl sites for hydroxylation is 2. The maximum absolute atomic E-state index is 15.0. The standard InChI is InChI=1S/C25H25F2N3O3/c1-15-4-3-5-19(10-15)33-22-11-16(2)28-25(29-22)18-13-20(26)24(21(27)14-18)30-8-6-17(7-9-30)12-23(31)32/h3-5,10-11,13-14,17H,6-9,12H2,1-2H3,(H,31,32). The molecule has 0 bridgehead atoms. The molecule has 33 heavy (non-hydrogen) atoms. The molecule has 0 radical (unpaired) electrons. The Kier molecular flexibility index (Phi) is 6.53. The van der Waals surface area contributed by atoms with E-state index in [-0.39, 0.29) is 35.3 Å². The van der Waals surface area contributed by atoms with Gasteiger partial charge in [-0.3, -0.25) is 4.79 Å². The van der Waals surface area contributed by atoms with E-state index in [2.05, 4.69) is 9.97 Å². The molecule has 0 aliphatic carbocycles. The van der Waals surface area contributed by atoms with Gasteiger partial charge in [0.1, 0.15) is 23.1 Å². The predicted molar refractivity (Wildman–Crippen MR) is 121 cm³/mol. The maximum Gasteiger partial charge on any atom is 0.303 e. The number of hydrogen-bond donors (Lipinski definition) is 1. The summed E-state index contributed by atoms with van der Waals surface area (Å²) >= 11 is 0. The molecule has 3 aromatic rings. The van der Waals surface area contributed by atoms with Crippen LogP contribution in [0.15, 0.2) is 42.5 Å². The zero-order valence-electron chi connectivity index (χ0n) is 18.5. The van der Waals surface area contributed by atoms with Gasteiger partial charge in [0.15, 0.2) is 5.82 Å². The van der Waals surface area contributed by atoms with Crippen molar-refractivity contribution in [3.8, 4) is 23.0 Å². The van der Waals surface area contributed by atoms with Gasteiger partial charge >= 0.3 is 5.97 Å². The quantitative estimate of drug-likeness (QED) is 0.530. The highest BCUT2D eigenvalue weighted by Crippen LogP contribution is 2.33. The van der Waals surface area contributed by atoms with E-state index < -0.39 is 17.6 Å². The fourth-order valence-corrected chi connectivity index (χ4v) is 4.12. The van der Waals surface area contributed by atoms with E-state index >= 15 is 8.78 Å².